The summed E-state index contributed by atoms with van der Waals surface area (Å²) in [6.45, 7) is 6.95. The van der Waals surface area contributed by atoms with E-state index < -0.39 is 0 Å². The van der Waals surface area contributed by atoms with E-state index in [2.05, 4.69) is 68.1 Å². The van der Waals surface area contributed by atoms with E-state index in [4.69, 9.17) is 5.73 Å². The number of benzene rings is 1. The van der Waals surface area contributed by atoms with Crippen LogP contribution >= 0.6 is 0 Å². The van der Waals surface area contributed by atoms with E-state index in [0.29, 0.717) is 18.0 Å². The Balaban J connectivity index is 2.14. The molecule has 3 nitrogen and oxygen atoms in total. The van der Waals surface area contributed by atoms with Crippen molar-refractivity contribution in [3.8, 4) is 0 Å². The van der Waals surface area contributed by atoms with Gasteiger partial charge in [-0.2, -0.15) is 0 Å². The topological polar surface area (TPSA) is 32.5 Å². The molecule has 0 aliphatic carbocycles. The summed E-state index contributed by atoms with van der Waals surface area (Å²) in [5.41, 5.74) is 7.87. The summed E-state index contributed by atoms with van der Waals surface area (Å²) in [6, 6.07) is 11.6. The van der Waals surface area contributed by atoms with E-state index in [9.17, 15) is 0 Å². The third-order valence-corrected chi connectivity index (χ3v) is 4.88. The minimum Gasteiger partial charge on any atom is -0.323 e. The van der Waals surface area contributed by atoms with Gasteiger partial charge in [0.1, 0.15) is 0 Å². The van der Waals surface area contributed by atoms with Crippen molar-refractivity contribution in [2.24, 2.45) is 11.7 Å². The molecule has 1 aromatic carbocycles. The lowest BCUT2D eigenvalue weighted by molar-refractivity contribution is 0.0656. The van der Waals surface area contributed by atoms with Crippen LogP contribution in [0.3, 0.4) is 0 Å². The van der Waals surface area contributed by atoms with Crippen LogP contribution in [0.5, 0.6) is 0 Å². The first-order chi connectivity index (χ1) is 10.0. The lowest BCUT2D eigenvalue weighted by Crippen LogP contribution is -2.53. The maximum Gasteiger partial charge on any atom is 0.0455 e. The number of piperidine rings is 1. The van der Waals surface area contributed by atoms with Crippen LogP contribution in [0.1, 0.15) is 38.3 Å². The molecule has 0 spiro atoms. The molecule has 0 amide bonds. The van der Waals surface area contributed by atoms with Gasteiger partial charge >= 0.3 is 0 Å². The summed E-state index contributed by atoms with van der Waals surface area (Å²) in [7, 11) is 4.48. The molecule has 1 aliphatic heterocycles. The van der Waals surface area contributed by atoms with Gasteiger partial charge in [-0.1, -0.05) is 44.2 Å². The van der Waals surface area contributed by atoms with E-state index >= 15 is 0 Å². The zero-order valence-electron chi connectivity index (χ0n) is 14.0. The van der Waals surface area contributed by atoms with E-state index in [1.165, 1.54) is 24.9 Å². The Labute approximate surface area is 130 Å². The Hall–Kier alpha value is -0.900. The number of hydrogen-bond acceptors (Lipinski definition) is 3. The monoisotopic (exact) mass is 289 g/mol. The predicted molar refractivity (Wildman–Crippen MR) is 90.3 cm³/mol. The molecule has 3 unspecified atom stereocenters. The molecular formula is C18H31N3. The third-order valence-electron chi connectivity index (χ3n) is 4.88. The summed E-state index contributed by atoms with van der Waals surface area (Å²) in [5.74, 6) is 0.539. The van der Waals surface area contributed by atoms with Gasteiger partial charge in [0.05, 0.1) is 0 Å². The lowest BCUT2D eigenvalue weighted by Gasteiger charge is -2.43. The highest BCUT2D eigenvalue weighted by atomic mass is 15.2. The van der Waals surface area contributed by atoms with Crippen LogP contribution < -0.4 is 5.73 Å². The first-order valence-electron chi connectivity index (χ1n) is 8.21. The van der Waals surface area contributed by atoms with Gasteiger partial charge in [-0.25, -0.2) is 0 Å². The van der Waals surface area contributed by atoms with Crippen molar-refractivity contribution in [1.29, 1.82) is 0 Å². The van der Waals surface area contributed by atoms with Gasteiger partial charge in [0.25, 0.3) is 0 Å². The standard InChI is InChI=1S/C18H31N3/c1-14(2)18(17(19)15-9-6-5-7-10-15)21(4)16-11-8-12-20(3)13-16/h5-7,9-10,14,16-18H,8,11-13,19H2,1-4H3. The van der Waals surface area contributed by atoms with Crippen molar-refractivity contribution < 1.29 is 0 Å². The molecular weight excluding hydrogens is 258 g/mol. The second kappa shape index (κ2) is 7.39. The van der Waals surface area contributed by atoms with Crippen molar-refractivity contribution in [3.63, 3.8) is 0 Å². The van der Waals surface area contributed by atoms with Crippen LogP contribution in [-0.2, 0) is 0 Å². The maximum absolute atomic E-state index is 6.63. The Morgan fingerprint density at radius 2 is 1.90 bits per heavy atom. The van der Waals surface area contributed by atoms with Crippen molar-refractivity contribution >= 4 is 0 Å². The number of nitrogens with zero attached hydrogens (tertiary/aromatic N) is 2. The number of likely N-dealkylation sites (tertiary alicyclic amines) is 1. The van der Waals surface area contributed by atoms with Crippen molar-refractivity contribution in [3.05, 3.63) is 35.9 Å². The number of likely N-dealkylation sites (N-methyl/N-ethyl adjacent to an activating group) is 2. The summed E-state index contributed by atoms with van der Waals surface area (Å²) in [5, 5.41) is 0. The molecule has 118 valence electrons. The van der Waals surface area contributed by atoms with Gasteiger partial charge in [-0.15, -0.1) is 0 Å². The van der Waals surface area contributed by atoms with Crippen LogP contribution in [0.15, 0.2) is 30.3 Å². The predicted octanol–water partition coefficient (Wildman–Crippen LogP) is 2.74. The Morgan fingerprint density at radius 3 is 2.48 bits per heavy atom. The van der Waals surface area contributed by atoms with Gasteiger partial charge in [0.15, 0.2) is 0 Å². The van der Waals surface area contributed by atoms with Crippen molar-refractivity contribution in [1.82, 2.24) is 9.80 Å². The van der Waals surface area contributed by atoms with Crippen molar-refractivity contribution in [2.75, 3.05) is 27.2 Å². The Kier molecular flexibility index (Phi) is 5.80. The summed E-state index contributed by atoms with van der Waals surface area (Å²) in [4.78, 5) is 4.98. The molecule has 3 heteroatoms. The minimum absolute atomic E-state index is 0.0726. The molecule has 1 fully saturated rings. The second-order valence-electron chi connectivity index (χ2n) is 6.89. The normalized spacial score (nSPS) is 23.5. The maximum atomic E-state index is 6.63. The van der Waals surface area contributed by atoms with E-state index in [-0.39, 0.29) is 6.04 Å². The highest BCUT2D eigenvalue weighted by Gasteiger charge is 2.32. The molecule has 1 heterocycles. The summed E-state index contributed by atoms with van der Waals surface area (Å²) >= 11 is 0. The molecule has 21 heavy (non-hydrogen) atoms. The summed E-state index contributed by atoms with van der Waals surface area (Å²) < 4.78 is 0. The van der Waals surface area contributed by atoms with Crippen LogP contribution in [-0.4, -0.2) is 49.1 Å². The average molecular weight is 289 g/mol. The van der Waals surface area contributed by atoms with Gasteiger partial charge in [-0.3, -0.25) is 4.90 Å². The van der Waals surface area contributed by atoms with Gasteiger partial charge in [-0.05, 0) is 45.0 Å². The average Bonchev–Trinajstić information content (AvgIpc) is 2.47. The van der Waals surface area contributed by atoms with E-state index in [1.807, 2.05) is 0 Å². The minimum atomic E-state index is 0.0726. The van der Waals surface area contributed by atoms with Gasteiger partial charge in [0.2, 0.25) is 0 Å². The first-order valence-corrected chi connectivity index (χ1v) is 8.21. The number of nitrogens with two attached hydrogens (primary N) is 1. The Morgan fingerprint density at radius 1 is 1.24 bits per heavy atom. The largest absolute Gasteiger partial charge is 0.323 e. The lowest BCUT2D eigenvalue weighted by atomic mass is 9.88. The highest BCUT2D eigenvalue weighted by Crippen LogP contribution is 2.27. The molecule has 0 radical (unpaired) electrons. The van der Waals surface area contributed by atoms with E-state index in [0.717, 1.165) is 6.54 Å². The zero-order chi connectivity index (χ0) is 15.4. The zero-order valence-corrected chi connectivity index (χ0v) is 14.0. The van der Waals surface area contributed by atoms with Crippen LogP contribution in [0.4, 0.5) is 0 Å². The van der Waals surface area contributed by atoms with Crippen LogP contribution in [0.2, 0.25) is 0 Å². The molecule has 1 saturated heterocycles. The smallest absolute Gasteiger partial charge is 0.0455 e. The van der Waals surface area contributed by atoms with Crippen LogP contribution in [0.25, 0.3) is 0 Å². The number of rotatable bonds is 5. The molecule has 0 bridgehead atoms. The molecule has 3 atom stereocenters. The first kappa shape index (κ1) is 16.5. The highest BCUT2D eigenvalue weighted by molar-refractivity contribution is 5.20. The molecule has 0 aromatic heterocycles. The molecule has 0 saturated carbocycles. The fourth-order valence-electron chi connectivity index (χ4n) is 3.73. The quantitative estimate of drug-likeness (QED) is 0.904. The van der Waals surface area contributed by atoms with Gasteiger partial charge in [0, 0.05) is 24.7 Å². The third kappa shape index (κ3) is 4.06. The SMILES string of the molecule is CC(C)C(C(N)c1ccccc1)N(C)C1CCCN(C)C1. The second-order valence-corrected chi connectivity index (χ2v) is 6.89. The fourth-order valence-corrected chi connectivity index (χ4v) is 3.73. The molecule has 2 rings (SSSR count). The summed E-state index contributed by atoms with van der Waals surface area (Å²) in [6.07, 6.45) is 2.57. The van der Waals surface area contributed by atoms with Crippen LogP contribution in [0, 0.1) is 5.92 Å². The molecule has 2 N–H and O–H groups in total. The van der Waals surface area contributed by atoms with Gasteiger partial charge < -0.3 is 10.6 Å². The molecule has 1 aliphatic rings. The Bertz CT molecular complexity index is 418. The fraction of sp³-hybridized carbons (Fsp3) is 0.667. The van der Waals surface area contributed by atoms with E-state index in [1.54, 1.807) is 0 Å². The number of hydrogen-bond donors (Lipinski definition) is 1. The molecule has 1 aromatic rings. The van der Waals surface area contributed by atoms with Crippen molar-refractivity contribution in [2.45, 2.75) is 44.8 Å².